The Bertz CT molecular complexity index is 339. The number of aliphatic imine (C=N–C) groups is 1. The molecule has 0 fully saturated rings. The van der Waals surface area contributed by atoms with Crippen LogP contribution in [0.1, 0.15) is 20.3 Å². The monoisotopic (exact) mass is 202 g/mol. The second kappa shape index (κ2) is 6.02. The maximum absolute atomic E-state index is 4.44. The van der Waals surface area contributed by atoms with Gasteiger partial charge >= 0.3 is 0 Å². The summed E-state index contributed by atoms with van der Waals surface area (Å²) in [7, 11) is 0. The van der Waals surface area contributed by atoms with E-state index in [1.54, 1.807) is 0 Å². The molecule has 0 aliphatic heterocycles. The Morgan fingerprint density at radius 2 is 2.00 bits per heavy atom. The molecule has 0 amide bonds. The van der Waals surface area contributed by atoms with Crippen molar-refractivity contribution in [3.63, 3.8) is 0 Å². The van der Waals surface area contributed by atoms with Gasteiger partial charge in [-0.2, -0.15) is 0 Å². The lowest BCUT2D eigenvalue weighted by Gasteiger charge is -2.09. The van der Waals surface area contributed by atoms with Crippen molar-refractivity contribution >= 4 is 11.5 Å². The third-order valence-electron chi connectivity index (χ3n) is 1.93. The molecule has 0 aromatic heterocycles. The molecule has 0 unspecified atom stereocenters. The van der Waals surface area contributed by atoms with E-state index in [-0.39, 0.29) is 0 Å². The molecule has 0 saturated heterocycles. The van der Waals surface area contributed by atoms with Crippen molar-refractivity contribution < 1.29 is 0 Å². The van der Waals surface area contributed by atoms with Crippen LogP contribution < -0.4 is 5.32 Å². The van der Waals surface area contributed by atoms with Crippen LogP contribution in [0.2, 0.25) is 0 Å². The lowest BCUT2D eigenvalue weighted by molar-refractivity contribution is 0.931. The topological polar surface area (TPSA) is 24.4 Å². The summed E-state index contributed by atoms with van der Waals surface area (Å²) in [6.45, 7) is 8.82. The second-order valence-corrected chi connectivity index (χ2v) is 3.50. The van der Waals surface area contributed by atoms with Gasteiger partial charge in [0, 0.05) is 12.2 Å². The van der Waals surface area contributed by atoms with Gasteiger partial charge in [-0.3, -0.25) is 4.99 Å². The molecule has 0 atom stereocenters. The highest BCUT2D eigenvalue weighted by Crippen LogP contribution is 2.07. The molecule has 0 radical (unpaired) electrons. The minimum absolute atomic E-state index is 0.835. The molecule has 1 rings (SSSR count). The zero-order valence-electron chi connectivity index (χ0n) is 9.46. The van der Waals surface area contributed by atoms with E-state index in [9.17, 15) is 0 Å². The maximum atomic E-state index is 4.44. The summed E-state index contributed by atoms with van der Waals surface area (Å²) in [5.41, 5.74) is 2.02. The van der Waals surface area contributed by atoms with Crippen LogP contribution in [0.5, 0.6) is 0 Å². The summed E-state index contributed by atoms with van der Waals surface area (Å²) >= 11 is 0. The standard InChI is InChI=1S/C13H18N2/c1-4-10-14-13(11(2)3)15-12-8-6-5-7-9-12/h5-9H,2,4,10H2,1,3H3,(H,14,15). The molecule has 0 heterocycles. The van der Waals surface area contributed by atoms with Crippen LogP contribution in [0.25, 0.3) is 0 Å². The maximum Gasteiger partial charge on any atom is 0.127 e. The normalized spacial score (nSPS) is 11.2. The summed E-state index contributed by atoms with van der Waals surface area (Å²) in [5, 5.41) is 3.26. The van der Waals surface area contributed by atoms with Gasteiger partial charge in [0.1, 0.15) is 5.84 Å². The third kappa shape index (κ3) is 3.98. The van der Waals surface area contributed by atoms with Crippen molar-refractivity contribution in [3.05, 3.63) is 42.5 Å². The molecular formula is C13H18N2. The van der Waals surface area contributed by atoms with Crippen molar-refractivity contribution in [3.8, 4) is 0 Å². The minimum atomic E-state index is 0.835. The highest BCUT2D eigenvalue weighted by atomic mass is 15.0. The van der Waals surface area contributed by atoms with Crippen LogP contribution in [0.15, 0.2) is 47.5 Å². The van der Waals surface area contributed by atoms with Crippen molar-refractivity contribution in [1.29, 1.82) is 0 Å². The molecule has 0 aliphatic carbocycles. The molecule has 1 aromatic rings. The predicted octanol–water partition coefficient (Wildman–Crippen LogP) is 3.48. The number of rotatable bonds is 4. The highest BCUT2D eigenvalue weighted by Gasteiger charge is 1.99. The average Bonchev–Trinajstić information content (AvgIpc) is 2.25. The largest absolute Gasteiger partial charge is 0.340 e. The van der Waals surface area contributed by atoms with Crippen molar-refractivity contribution in [2.45, 2.75) is 20.3 Å². The van der Waals surface area contributed by atoms with Crippen molar-refractivity contribution in [2.75, 3.05) is 11.9 Å². The van der Waals surface area contributed by atoms with E-state index in [0.29, 0.717) is 0 Å². The lowest BCUT2D eigenvalue weighted by Crippen LogP contribution is -2.13. The van der Waals surface area contributed by atoms with E-state index < -0.39 is 0 Å². The van der Waals surface area contributed by atoms with Gasteiger partial charge in [0.15, 0.2) is 0 Å². The number of amidine groups is 1. The molecule has 1 N–H and O–H groups in total. The van der Waals surface area contributed by atoms with Gasteiger partial charge in [-0.15, -0.1) is 0 Å². The van der Waals surface area contributed by atoms with Crippen LogP contribution >= 0.6 is 0 Å². The fourth-order valence-corrected chi connectivity index (χ4v) is 1.16. The van der Waals surface area contributed by atoms with Crippen LogP contribution in [-0.2, 0) is 0 Å². The Kier molecular flexibility index (Phi) is 4.61. The van der Waals surface area contributed by atoms with E-state index in [0.717, 1.165) is 30.1 Å². The van der Waals surface area contributed by atoms with Gasteiger partial charge in [0.05, 0.1) is 0 Å². The van der Waals surface area contributed by atoms with Gasteiger partial charge in [0.2, 0.25) is 0 Å². The van der Waals surface area contributed by atoms with Crippen LogP contribution in [0, 0.1) is 0 Å². The van der Waals surface area contributed by atoms with Gasteiger partial charge in [-0.25, -0.2) is 0 Å². The Morgan fingerprint density at radius 1 is 1.33 bits per heavy atom. The van der Waals surface area contributed by atoms with E-state index in [1.165, 1.54) is 0 Å². The molecule has 15 heavy (non-hydrogen) atoms. The van der Waals surface area contributed by atoms with Crippen LogP contribution in [0.4, 0.5) is 5.69 Å². The molecule has 0 aliphatic rings. The SMILES string of the molecule is C=C(C)C(=NCCC)Nc1ccccc1. The summed E-state index contributed by atoms with van der Waals surface area (Å²) in [6.07, 6.45) is 1.05. The van der Waals surface area contributed by atoms with Gasteiger partial charge < -0.3 is 5.32 Å². The predicted molar refractivity (Wildman–Crippen MR) is 67.5 cm³/mol. The van der Waals surface area contributed by atoms with Crippen LogP contribution in [-0.4, -0.2) is 12.4 Å². The van der Waals surface area contributed by atoms with Gasteiger partial charge in [0.25, 0.3) is 0 Å². The fourth-order valence-electron chi connectivity index (χ4n) is 1.16. The number of para-hydroxylation sites is 1. The highest BCUT2D eigenvalue weighted by molar-refractivity contribution is 6.07. The number of nitrogens with zero attached hydrogens (tertiary/aromatic N) is 1. The van der Waals surface area contributed by atoms with Crippen molar-refractivity contribution in [2.24, 2.45) is 4.99 Å². The average molecular weight is 202 g/mol. The van der Waals surface area contributed by atoms with Crippen LogP contribution in [0.3, 0.4) is 0 Å². The molecule has 0 saturated carbocycles. The number of benzene rings is 1. The molecule has 0 bridgehead atoms. The van der Waals surface area contributed by atoms with Crippen molar-refractivity contribution in [1.82, 2.24) is 0 Å². The first kappa shape index (κ1) is 11.5. The Hall–Kier alpha value is -1.57. The first-order valence-electron chi connectivity index (χ1n) is 5.26. The third-order valence-corrected chi connectivity index (χ3v) is 1.93. The number of hydrogen-bond acceptors (Lipinski definition) is 1. The summed E-state index contributed by atoms with van der Waals surface area (Å²) in [6, 6.07) is 10.0. The lowest BCUT2D eigenvalue weighted by atomic mass is 10.2. The summed E-state index contributed by atoms with van der Waals surface area (Å²) < 4.78 is 0. The summed E-state index contributed by atoms with van der Waals surface area (Å²) in [5.74, 6) is 0.878. The number of hydrogen-bond donors (Lipinski definition) is 1. The Labute approximate surface area is 91.7 Å². The fraction of sp³-hybridized carbons (Fsp3) is 0.308. The quantitative estimate of drug-likeness (QED) is 0.586. The zero-order valence-corrected chi connectivity index (χ0v) is 9.46. The molecular weight excluding hydrogens is 184 g/mol. The molecule has 0 spiro atoms. The van der Waals surface area contributed by atoms with E-state index in [1.807, 2.05) is 37.3 Å². The molecule has 2 heteroatoms. The second-order valence-electron chi connectivity index (χ2n) is 3.50. The molecule has 1 aromatic carbocycles. The van der Waals surface area contributed by atoms with E-state index in [4.69, 9.17) is 0 Å². The first-order valence-corrected chi connectivity index (χ1v) is 5.26. The molecule has 80 valence electrons. The first-order chi connectivity index (χ1) is 7.24. The van der Waals surface area contributed by atoms with Gasteiger partial charge in [-0.1, -0.05) is 31.7 Å². The number of anilines is 1. The van der Waals surface area contributed by atoms with E-state index in [2.05, 4.69) is 23.8 Å². The minimum Gasteiger partial charge on any atom is -0.340 e. The Balaban J connectivity index is 2.72. The molecule has 2 nitrogen and oxygen atoms in total. The Morgan fingerprint density at radius 3 is 2.53 bits per heavy atom. The summed E-state index contributed by atoms with van der Waals surface area (Å²) in [4.78, 5) is 4.44. The zero-order chi connectivity index (χ0) is 11.1. The van der Waals surface area contributed by atoms with Gasteiger partial charge in [-0.05, 0) is 31.1 Å². The van der Waals surface area contributed by atoms with E-state index >= 15 is 0 Å². The smallest absolute Gasteiger partial charge is 0.127 e. The number of nitrogens with one attached hydrogen (secondary N) is 1.